The summed E-state index contributed by atoms with van der Waals surface area (Å²) in [5.41, 5.74) is 0.689. The zero-order chi connectivity index (χ0) is 16.7. The van der Waals surface area contributed by atoms with E-state index < -0.39 is 11.9 Å². The van der Waals surface area contributed by atoms with E-state index in [1.54, 1.807) is 24.3 Å². The first-order chi connectivity index (χ1) is 11.1. The van der Waals surface area contributed by atoms with Crippen molar-refractivity contribution in [1.82, 2.24) is 0 Å². The molecule has 0 unspecified atom stereocenters. The summed E-state index contributed by atoms with van der Waals surface area (Å²) in [6.45, 7) is -0.336. The highest BCUT2D eigenvalue weighted by atomic mass is 16.6. The second kappa shape index (κ2) is 7.61. The lowest BCUT2D eigenvalue weighted by Gasteiger charge is -2.08. The lowest BCUT2D eigenvalue weighted by Crippen LogP contribution is -2.18. The molecule has 6 heteroatoms. The van der Waals surface area contributed by atoms with Crippen molar-refractivity contribution in [2.75, 3.05) is 13.7 Å². The third-order valence-electron chi connectivity index (χ3n) is 2.86. The Balaban J connectivity index is 1.92. The second-order valence-electron chi connectivity index (χ2n) is 4.39. The van der Waals surface area contributed by atoms with Crippen molar-refractivity contribution in [3.8, 4) is 17.6 Å². The van der Waals surface area contributed by atoms with Crippen LogP contribution in [0.4, 0.5) is 0 Å². The number of rotatable bonds is 5. The molecule has 0 aliphatic carbocycles. The molecule has 0 amide bonds. The van der Waals surface area contributed by atoms with Crippen LogP contribution in [-0.2, 0) is 9.53 Å². The van der Waals surface area contributed by atoms with E-state index in [0.29, 0.717) is 16.9 Å². The van der Waals surface area contributed by atoms with Crippen molar-refractivity contribution in [1.29, 1.82) is 5.26 Å². The maximum Gasteiger partial charge on any atom is 0.349 e. The number of carbonyl (C=O) groups excluding carboxylic acids is 2. The van der Waals surface area contributed by atoms with Gasteiger partial charge >= 0.3 is 11.9 Å². The molecule has 0 saturated heterocycles. The minimum atomic E-state index is -0.622. The molecule has 23 heavy (non-hydrogen) atoms. The Hall–Kier alpha value is -3.33. The average molecular weight is 311 g/mol. The van der Waals surface area contributed by atoms with Crippen LogP contribution in [0.2, 0.25) is 0 Å². The number of methoxy groups -OCH3 is 1. The summed E-state index contributed by atoms with van der Waals surface area (Å²) in [7, 11) is 1.28. The van der Waals surface area contributed by atoms with Gasteiger partial charge in [0.25, 0.3) is 0 Å². The fraction of sp³-hybridized carbons (Fsp3) is 0.118. The first-order valence-corrected chi connectivity index (χ1v) is 6.65. The minimum absolute atomic E-state index is 0.278. The van der Waals surface area contributed by atoms with Crippen LogP contribution in [0.3, 0.4) is 0 Å². The first-order valence-electron chi connectivity index (χ1n) is 6.65. The van der Waals surface area contributed by atoms with Gasteiger partial charge in [-0.1, -0.05) is 12.1 Å². The lowest BCUT2D eigenvalue weighted by atomic mass is 10.2. The number of esters is 2. The molecule has 2 aromatic carbocycles. The number of hydrogen-bond donors (Lipinski definition) is 0. The smallest absolute Gasteiger partial charge is 0.349 e. The van der Waals surface area contributed by atoms with Crippen LogP contribution >= 0.6 is 0 Å². The molecule has 6 nitrogen and oxygen atoms in total. The Morgan fingerprint density at radius 1 is 1.09 bits per heavy atom. The normalized spacial score (nSPS) is 9.57. The fourth-order valence-corrected chi connectivity index (χ4v) is 1.76. The maximum atomic E-state index is 11.7. The lowest BCUT2D eigenvalue weighted by molar-refractivity contribution is -0.136. The summed E-state index contributed by atoms with van der Waals surface area (Å²) < 4.78 is 14.9. The van der Waals surface area contributed by atoms with Gasteiger partial charge in [0.1, 0.15) is 17.6 Å². The molecule has 2 aromatic rings. The standard InChI is InChI=1S/C17H13NO5/c1-21-17(20)12-6-8-14(9-7-12)23-16(19)11-22-15-5-3-2-4-13(15)10-18/h2-9H,11H2,1H3. The molecule has 0 saturated carbocycles. The van der Waals surface area contributed by atoms with Crippen molar-refractivity contribution in [3.05, 3.63) is 59.7 Å². The van der Waals surface area contributed by atoms with Crippen LogP contribution in [0, 0.1) is 11.3 Å². The van der Waals surface area contributed by atoms with Crippen LogP contribution in [0.5, 0.6) is 11.5 Å². The van der Waals surface area contributed by atoms with E-state index >= 15 is 0 Å². The van der Waals surface area contributed by atoms with Crippen LogP contribution < -0.4 is 9.47 Å². The topological polar surface area (TPSA) is 85.6 Å². The molecule has 0 heterocycles. The number of hydrogen-bond acceptors (Lipinski definition) is 6. The SMILES string of the molecule is COC(=O)c1ccc(OC(=O)COc2ccccc2C#N)cc1. The van der Waals surface area contributed by atoms with E-state index in [2.05, 4.69) is 4.74 Å². The molecule has 0 spiro atoms. The molecular formula is C17H13NO5. The van der Waals surface area contributed by atoms with E-state index in [-0.39, 0.29) is 12.4 Å². The minimum Gasteiger partial charge on any atom is -0.481 e. The number of nitrogens with zero attached hydrogens (tertiary/aromatic N) is 1. The third kappa shape index (κ3) is 4.32. The predicted octanol–water partition coefficient (Wildman–Crippen LogP) is 2.33. The second-order valence-corrected chi connectivity index (χ2v) is 4.39. The van der Waals surface area contributed by atoms with E-state index in [0.717, 1.165) is 0 Å². The van der Waals surface area contributed by atoms with Crippen molar-refractivity contribution >= 4 is 11.9 Å². The Bertz CT molecular complexity index is 746. The number of carbonyl (C=O) groups is 2. The third-order valence-corrected chi connectivity index (χ3v) is 2.86. The summed E-state index contributed by atoms with van der Waals surface area (Å²) >= 11 is 0. The van der Waals surface area contributed by atoms with E-state index in [1.165, 1.54) is 31.4 Å². The molecule has 116 valence electrons. The van der Waals surface area contributed by atoms with Crippen LogP contribution in [0.15, 0.2) is 48.5 Å². The largest absolute Gasteiger partial charge is 0.481 e. The van der Waals surface area contributed by atoms with Gasteiger partial charge in [-0.25, -0.2) is 9.59 Å². The van der Waals surface area contributed by atoms with Gasteiger partial charge in [0.2, 0.25) is 0 Å². The van der Waals surface area contributed by atoms with Gasteiger partial charge in [0.15, 0.2) is 6.61 Å². The molecule has 0 N–H and O–H groups in total. The highest BCUT2D eigenvalue weighted by Gasteiger charge is 2.10. The van der Waals surface area contributed by atoms with Gasteiger partial charge in [-0.15, -0.1) is 0 Å². The summed E-state index contributed by atoms with van der Waals surface area (Å²) in [6, 6.07) is 14.5. The van der Waals surface area contributed by atoms with Gasteiger partial charge in [-0.2, -0.15) is 5.26 Å². The monoisotopic (exact) mass is 311 g/mol. The van der Waals surface area contributed by atoms with Crippen LogP contribution in [-0.4, -0.2) is 25.7 Å². The summed E-state index contributed by atoms with van der Waals surface area (Å²) in [6.07, 6.45) is 0. The quantitative estimate of drug-likeness (QED) is 0.622. The molecule has 0 fully saturated rings. The highest BCUT2D eigenvalue weighted by Crippen LogP contribution is 2.17. The predicted molar refractivity (Wildman–Crippen MR) is 80.1 cm³/mol. The van der Waals surface area contributed by atoms with Gasteiger partial charge < -0.3 is 14.2 Å². The van der Waals surface area contributed by atoms with Gasteiger partial charge in [-0.3, -0.25) is 0 Å². The molecule has 0 aliphatic rings. The summed E-state index contributed by atoms with van der Waals surface area (Å²) in [5.74, 6) is -0.504. The fourth-order valence-electron chi connectivity index (χ4n) is 1.76. The van der Waals surface area contributed by atoms with Crippen molar-refractivity contribution in [3.63, 3.8) is 0 Å². The molecule has 0 aliphatic heterocycles. The highest BCUT2D eigenvalue weighted by molar-refractivity contribution is 5.89. The van der Waals surface area contributed by atoms with E-state index in [1.807, 2.05) is 6.07 Å². The molecule has 0 aromatic heterocycles. The Morgan fingerprint density at radius 3 is 2.43 bits per heavy atom. The Labute approximate surface area is 132 Å². The zero-order valence-corrected chi connectivity index (χ0v) is 12.3. The van der Waals surface area contributed by atoms with E-state index in [9.17, 15) is 9.59 Å². The van der Waals surface area contributed by atoms with Crippen molar-refractivity contribution < 1.29 is 23.8 Å². The molecule has 0 atom stereocenters. The molecule has 0 bridgehead atoms. The van der Waals surface area contributed by atoms with Crippen molar-refractivity contribution in [2.45, 2.75) is 0 Å². The summed E-state index contributed by atoms with van der Waals surface area (Å²) in [4.78, 5) is 23.0. The molecular weight excluding hydrogens is 298 g/mol. The number of ether oxygens (including phenoxy) is 3. The van der Waals surface area contributed by atoms with Gasteiger partial charge in [0.05, 0.1) is 18.2 Å². The Morgan fingerprint density at radius 2 is 1.78 bits per heavy atom. The van der Waals surface area contributed by atoms with Gasteiger partial charge in [0, 0.05) is 0 Å². The van der Waals surface area contributed by atoms with Crippen LogP contribution in [0.25, 0.3) is 0 Å². The molecule has 0 radical (unpaired) electrons. The average Bonchev–Trinajstić information content (AvgIpc) is 2.60. The van der Waals surface area contributed by atoms with E-state index in [4.69, 9.17) is 14.7 Å². The van der Waals surface area contributed by atoms with Crippen molar-refractivity contribution in [2.24, 2.45) is 0 Å². The maximum absolute atomic E-state index is 11.7. The van der Waals surface area contributed by atoms with Crippen LogP contribution in [0.1, 0.15) is 15.9 Å². The number of benzene rings is 2. The summed E-state index contributed by atoms with van der Waals surface area (Å²) in [5, 5.41) is 8.93. The zero-order valence-electron chi connectivity index (χ0n) is 12.3. The first kappa shape index (κ1) is 16.0. The molecule has 2 rings (SSSR count). The van der Waals surface area contributed by atoms with Gasteiger partial charge in [-0.05, 0) is 36.4 Å². The number of para-hydroxylation sites is 1. The number of nitriles is 1. The Kier molecular flexibility index (Phi) is 5.31.